The van der Waals surface area contributed by atoms with E-state index < -0.39 is 10.0 Å². The maximum atomic E-state index is 12.5. The zero-order chi connectivity index (χ0) is 14.0. The van der Waals surface area contributed by atoms with E-state index >= 15 is 0 Å². The van der Waals surface area contributed by atoms with Crippen molar-refractivity contribution < 1.29 is 8.42 Å². The Kier molecular flexibility index (Phi) is 3.82. The van der Waals surface area contributed by atoms with Gasteiger partial charge in [0.2, 0.25) is 0 Å². The fraction of sp³-hybridized carbons (Fsp3) is 0.0769. The molecule has 0 aromatic heterocycles. The maximum absolute atomic E-state index is 12.5. The lowest BCUT2D eigenvalue weighted by atomic mass is 10.3. The van der Waals surface area contributed by atoms with E-state index in [-0.39, 0.29) is 4.90 Å². The van der Waals surface area contributed by atoms with E-state index in [2.05, 4.69) is 15.9 Å². The van der Waals surface area contributed by atoms with Gasteiger partial charge in [0.15, 0.2) is 0 Å². The topological polar surface area (TPSA) is 63.4 Å². The summed E-state index contributed by atoms with van der Waals surface area (Å²) < 4.78 is 26.9. The molecule has 2 N–H and O–H groups in total. The number of hydrogen-bond acceptors (Lipinski definition) is 3. The van der Waals surface area contributed by atoms with Gasteiger partial charge in [0.1, 0.15) is 0 Å². The van der Waals surface area contributed by atoms with Gasteiger partial charge in [0.05, 0.1) is 16.3 Å². The van der Waals surface area contributed by atoms with Gasteiger partial charge in [-0.15, -0.1) is 0 Å². The highest BCUT2D eigenvalue weighted by Gasteiger charge is 2.22. The summed E-state index contributed by atoms with van der Waals surface area (Å²) in [6.07, 6.45) is 0. The molecule has 0 unspecified atom stereocenters. The molecule has 2 rings (SSSR count). The van der Waals surface area contributed by atoms with E-state index in [0.29, 0.717) is 11.4 Å². The molecule has 2 aromatic rings. The highest BCUT2D eigenvalue weighted by atomic mass is 79.9. The summed E-state index contributed by atoms with van der Waals surface area (Å²) in [6, 6.07) is 13.3. The van der Waals surface area contributed by atoms with Crippen molar-refractivity contribution in [3.05, 3.63) is 53.0 Å². The number of nitrogen functional groups attached to an aromatic ring is 1. The van der Waals surface area contributed by atoms with Gasteiger partial charge in [-0.1, -0.05) is 28.1 Å². The minimum absolute atomic E-state index is 0.224. The monoisotopic (exact) mass is 340 g/mol. The van der Waals surface area contributed by atoms with Gasteiger partial charge in [-0.25, -0.2) is 8.42 Å². The van der Waals surface area contributed by atoms with Crippen LogP contribution in [0.4, 0.5) is 11.4 Å². The second-order valence-corrected chi connectivity index (χ2v) is 6.87. The molecule has 0 aliphatic rings. The number of halogens is 1. The van der Waals surface area contributed by atoms with E-state index in [4.69, 9.17) is 5.73 Å². The Bertz CT molecular complexity index is 684. The van der Waals surface area contributed by atoms with Gasteiger partial charge < -0.3 is 5.73 Å². The first-order valence-electron chi connectivity index (χ1n) is 5.52. The van der Waals surface area contributed by atoms with Gasteiger partial charge in [0, 0.05) is 11.5 Å². The first-order chi connectivity index (χ1) is 8.93. The van der Waals surface area contributed by atoms with Gasteiger partial charge in [-0.2, -0.15) is 0 Å². The molecule has 100 valence electrons. The summed E-state index contributed by atoms with van der Waals surface area (Å²) in [6.45, 7) is 0. The molecule has 0 fully saturated rings. The predicted molar refractivity (Wildman–Crippen MR) is 80.6 cm³/mol. The summed E-state index contributed by atoms with van der Waals surface area (Å²) in [5, 5.41) is 0. The number of nitrogens with zero attached hydrogens (tertiary/aromatic N) is 1. The zero-order valence-electron chi connectivity index (χ0n) is 10.2. The average Bonchev–Trinajstić information content (AvgIpc) is 2.39. The number of sulfonamides is 1. The SMILES string of the molecule is CN(c1ccccc1N)S(=O)(=O)c1ccc(Br)cc1. The summed E-state index contributed by atoms with van der Waals surface area (Å²) in [5.41, 5.74) is 6.69. The molecule has 2 aromatic carbocycles. The maximum Gasteiger partial charge on any atom is 0.264 e. The molecule has 0 heterocycles. The fourth-order valence-electron chi connectivity index (χ4n) is 1.67. The van der Waals surface area contributed by atoms with Gasteiger partial charge in [0.25, 0.3) is 10.0 Å². The van der Waals surface area contributed by atoms with Crippen LogP contribution in [-0.4, -0.2) is 15.5 Å². The lowest BCUT2D eigenvalue weighted by Gasteiger charge is -2.21. The Morgan fingerprint density at radius 3 is 2.21 bits per heavy atom. The molecule has 0 atom stereocenters. The van der Waals surface area contributed by atoms with Gasteiger partial charge in [-0.05, 0) is 36.4 Å². The minimum atomic E-state index is -3.60. The van der Waals surface area contributed by atoms with E-state index in [1.54, 1.807) is 48.5 Å². The van der Waals surface area contributed by atoms with Crippen molar-refractivity contribution in [2.24, 2.45) is 0 Å². The quantitative estimate of drug-likeness (QED) is 0.873. The summed E-state index contributed by atoms with van der Waals surface area (Å²) >= 11 is 3.28. The Morgan fingerprint density at radius 2 is 1.63 bits per heavy atom. The van der Waals surface area contributed by atoms with E-state index in [9.17, 15) is 8.42 Å². The summed E-state index contributed by atoms with van der Waals surface area (Å²) in [7, 11) is -2.11. The van der Waals surface area contributed by atoms with Crippen molar-refractivity contribution >= 4 is 37.3 Å². The van der Waals surface area contributed by atoms with Crippen LogP contribution in [0, 0.1) is 0 Å². The molecule has 0 radical (unpaired) electrons. The number of anilines is 2. The van der Waals surface area contributed by atoms with Crippen LogP contribution in [0.3, 0.4) is 0 Å². The molecular weight excluding hydrogens is 328 g/mol. The lowest BCUT2D eigenvalue weighted by molar-refractivity contribution is 0.594. The third kappa shape index (κ3) is 2.74. The first kappa shape index (κ1) is 13.9. The van der Waals surface area contributed by atoms with E-state index in [1.807, 2.05) is 0 Å². The van der Waals surface area contributed by atoms with Crippen molar-refractivity contribution in [1.82, 2.24) is 0 Å². The van der Waals surface area contributed by atoms with Gasteiger partial charge >= 0.3 is 0 Å². The Balaban J connectivity index is 2.45. The van der Waals surface area contributed by atoms with Crippen LogP contribution in [0.25, 0.3) is 0 Å². The van der Waals surface area contributed by atoms with Crippen molar-refractivity contribution in [2.45, 2.75) is 4.90 Å². The summed E-state index contributed by atoms with van der Waals surface area (Å²) in [4.78, 5) is 0.224. The van der Waals surface area contributed by atoms with E-state index in [0.717, 1.165) is 4.47 Å². The van der Waals surface area contributed by atoms with Crippen molar-refractivity contribution in [3.63, 3.8) is 0 Å². The first-order valence-corrected chi connectivity index (χ1v) is 7.75. The standard InChI is InChI=1S/C13H13BrN2O2S/c1-16(13-5-3-2-4-12(13)15)19(17,18)11-8-6-10(14)7-9-11/h2-9H,15H2,1H3. The van der Waals surface area contributed by atoms with Gasteiger partial charge in [-0.3, -0.25) is 4.31 Å². The largest absolute Gasteiger partial charge is 0.397 e. The van der Waals surface area contributed by atoms with Crippen molar-refractivity contribution in [2.75, 3.05) is 17.1 Å². The highest BCUT2D eigenvalue weighted by molar-refractivity contribution is 9.10. The van der Waals surface area contributed by atoms with E-state index in [1.165, 1.54) is 11.4 Å². The molecule has 4 nitrogen and oxygen atoms in total. The zero-order valence-corrected chi connectivity index (χ0v) is 12.6. The van der Waals surface area contributed by atoms with Crippen molar-refractivity contribution in [3.8, 4) is 0 Å². The number of benzene rings is 2. The molecule has 19 heavy (non-hydrogen) atoms. The number of hydrogen-bond donors (Lipinski definition) is 1. The normalized spacial score (nSPS) is 11.3. The summed E-state index contributed by atoms with van der Waals surface area (Å²) in [5.74, 6) is 0. The Hall–Kier alpha value is -1.53. The molecule has 0 bridgehead atoms. The fourth-order valence-corrected chi connectivity index (χ4v) is 3.15. The third-order valence-electron chi connectivity index (χ3n) is 2.75. The second kappa shape index (κ2) is 5.22. The Morgan fingerprint density at radius 1 is 1.05 bits per heavy atom. The van der Waals surface area contributed by atoms with Crippen LogP contribution in [0.5, 0.6) is 0 Å². The lowest BCUT2D eigenvalue weighted by Crippen LogP contribution is -2.27. The minimum Gasteiger partial charge on any atom is -0.397 e. The molecule has 0 aliphatic heterocycles. The number of para-hydroxylation sites is 2. The molecule has 0 aliphatic carbocycles. The number of nitrogens with two attached hydrogens (primary N) is 1. The van der Waals surface area contributed by atoms with Crippen LogP contribution in [-0.2, 0) is 10.0 Å². The van der Waals surface area contributed by atoms with Crippen LogP contribution < -0.4 is 10.0 Å². The van der Waals surface area contributed by atoms with Crippen LogP contribution in [0.1, 0.15) is 0 Å². The smallest absolute Gasteiger partial charge is 0.264 e. The third-order valence-corrected chi connectivity index (χ3v) is 5.06. The highest BCUT2D eigenvalue weighted by Crippen LogP contribution is 2.27. The predicted octanol–water partition coefficient (Wildman–Crippen LogP) is 2.86. The molecule has 0 saturated carbocycles. The number of rotatable bonds is 3. The molecule has 6 heteroatoms. The Labute approximate surface area is 121 Å². The molecule has 0 saturated heterocycles. The average molecular weight is 341 g/mol. The van der Waals surface area contributed by atoms with Crippen LogP contribution in [0.15, 0.2) is 57.9 Å². The van der Waals surface area contributed by atoms with Crippen LogP contribution in [0.2, 0.25) is 0 Å². The van der Waals surface area contributed by atoms with Crippen molar-refractivity contribution in [1.29, 1.82) is 0 Å². The molecule has 0 spiro atoms. The van der Waals surface area contributed by atoms with Crippen LogP contribution >= 0.6 is 15.9 Å². The second-order valence-electron chi connectivity index (χ2n) is 3.99. The molecule has 0 amide bonds. The molecular formula is C13H13BrN2O2S.